The van der Waals surface area contributed by atoms with Crippen LogP contribution in [0.1, 0.15) is 37.8 Å². The molecular weight excluding hydrogens is 358 g/mol. The quantitative estimate of drug-likeness (QED) is 0.541. The molecule has 148 valence electrons. The zero-order chi connectivity index (χ0) is 20.7. The second kappa shape index (κ2) is 7.04. The Balaban J connectivity index is 1.87. The molecule has 4 N–H and O–H groups in total. The Labute approximate surface area is 163 Å². The van der Waals surface area contributed by atoms with Crippen LogP contribution in [0.4, 0.5) is 0 Å². The molecule has 0 saturated carbocycles. The second-order valence-corrected chi connectivity index (χ2v) is 8.27. The number of ether oxygens (including phenoxy) is 1. The maximum Gasteiger partial charge on any atom is 0.340 e. The number of fused-ring (bicyclic) bond motifs is 3. The number of hydrogen-bond donors (Lipinski definition) is 3. The van der Waals surface area contributed by atoms with E-state index in [0.29, 0.717) is 0 Å². The average Bonchev–Trinajstić information content (AvgIpc) is 2.98. The number of benzene rings is 2. The molecule has 0 bridgehead atoms. The van der Waals surface area contributed by atoms with E-state index in [1.165, 1.54) is 0 Å². The van der Waals surface area contributed by atoms with Crippen molar-refractivity contribution in [2.75, 3.05) is 6.61 Å². The number of carboxylic acid groups (broad SMARTS) is 1. The number of esters is 1. The highest BCUT2D eigenvalue weighted by Gasteiger charge is 2.54. The van der Waals surface area contributed by atoms with Gasteiger partial charge in [0.1, 0.15) is 6.61 Å². The Morgan fingerprint density at radius 3 is 1.93 bits per heavy atom. The van der Waals surface area contributed by atoms with Gasteiger partial charge in [-0.25, -0.2) is 9.59 Å². The Morgan fingerprint density at radius 2 is 1.50 bits per heavy atom. The Kier molecular flexibility index (Phi) is 5.04. The first-order valence-electron chi connectivity index (χ1n) is 9.14. The largest absolute Gasteiger partial charge is 0.479 e. The van der Waals surface area contributed by atoms with Gasteiger partial charge in [0.15, 0.2) is 0 Å². The molecule has 0 radical (unpaired) electrons. The van der Waals surface area contributed by atoms with E-state index >= 15 is 0 Å². The predicted molar refractivity (Wildman–Crippen MR) is 105 cm³/mol. The highest BCUT2D eigenvalue weighted by molar-refractivity contribution is 6.04. The lowest BCUT2D eigenvalue weighted by molar-refractivity contribution is -0.171. The molecule has 0 unspecified atom stereocenters. The summed E-state index contributed by atoms with van der Waals surface area (Å²) in [5, 5.41) is 20.0. The Morgan fingerprint density at radius 1 is 1.04 bits per heavy atom. The van der Waals surface area contributed by atoms with Crippen LogP contribution in [0.25, 0.3) is 11.1 Å². The molecule has 6 heteroatoms. The summed E-state index contributed by atoms with van der Waals surface area (Å²) in [5.41, 5.74) is 6.53. The molecule has 1 aliphatic carbocycles. The van der Waals surface area contributed by atoms with E-state index in [4.69, 9.17) is 10.5 Å². The summed E-state index contributed by atoms with van der Waals surface area (Å²) in [4.78, 5) is 24.4. The van der Waals surface area contributed by atoms with Crippen LogP contribution in [0, 0.1) is 5.41 Å². The second-order valence-electron chi connectivity index (χ2n) is 8.27. The van der Waals surface area contributed by atoms with E-state index < -0.39 is 29.0 Å². The van der Waals surface area contributed by atoms with Gasteiger partial charge in [-0.2, -0.15) is 0 Å². The highest BCUT2D eigenvalue weighted by Crippen LogP contribution is 2.44. The minimum Gasteiger partial charge on any atom is -0.479 e. The van der Waals surface area contributed by atoms with Crippen LogP contribution in [0.3, 0.4) is 0 Å². The minimum absolute atomic E-state index is 0.0596. The third kappa shape index (κ3) is 3.19. The zero-order valence-electron chi connectivity index (χ0n) is 16.2. The molecule has 0 spiro atoms. The van der Waals surface area contributed by atoms with Gasteiger partial charge < -0.3 is 20.7 Å². The van der Waals surface area contributed by atoms with E-state index in [9.17, 15) is 19.8 Å². The van der Waals surface area contributed by atoms with E-state index in [1.807, 2.05) is 48.5 Å². The molecule has 2 aromatic rings. The summed E-state index contributed by atoms with van der Waals surface area (Å²) in [6.45, 7) is 4.77. The van der Waals surface area contributed by atoms with Crippen LogP contribution in [0.15, 0.2) is 48.5 Å². The van der Waals surface area contributed by atoms with Crippen molar-refractivity contribution < 1.29 is 24.5 Å². The summed E-state index contributed by atoms with van der Waals surface area (Å²) >= 11 is 0. The van der Waals surface area contributed by atoms with Crippen molar-refractivity contribution >= 4 is 11.9 Å². The SMILES string of the molecule is CC(C)(C)[C@@H](O)[C@](N)(C(=O)O)C(=O)OCC1c2ccccc2-c2ccccc21. The predicted octanol–water partition coefficient (Wildman–Crippen LogP) is 2.53. The topological polar surface area (TPSA) is 110 Å². The van der Waals surface area contributed by atoms with Crippen molar-refractivity contribution in [2.45, 2.75) is 38.3 Å². The third-order valence-corrected chi connectivity index (χ3v) is 5.29. The van der Waals surface area contributed by atoms with Gasteiger partial charge in [-0.3, -0.25) is 0 Å². The van der Waals surface area contributed by atoms with Gasteiger partial charge in [-0.15, -0.1) is 0 Å². The van der Waals surface area contributed by atoms with Crippen molar-refractivity contribution in [1.29, 1.82) is 0 Å². The zero-order valence-corrected chi connectivity index (χ0v) is 16.2. The molecule has 6 nitrogen and oxygen atoms in total. The molecular formula is C22H25NO5. The fourth-order valence-corrected chi connectivity index (χ4v) is 3.72. The molecule has 28 heavy (non-hydrogen) atoms. The first kappa shape index (κ1) is 20.0. The lowest BCUT2D eigenvalue weighted by Gasteiger charge is -2.36. The van der Waals surface area contributed by atoms with Crippen LogP contribution in [0.5, 0.6) is 0 Å². The van der Waals surface area contributed by atoms with Gasteiger partial charge in [0.25, 0.3) is 0 Å². The van der Waals surface area contributed by atoms with Gasteiger partial charge >= 0.3 is 11.9 Å². The number of aliphatic hydroxyl groups is 1. The summed E-state index contributed by atoms with van der Waals surface area (Å²) < 4.78 is 5.38. The number of aliphatic carboxylic acids is 1. The molecule has 0 fully saturated rings. The van der Waals surface area contributed by atoms with Gasteiger partial charge in [0.05, 0.1) is 6.10 Å². The van der Waals surface area contributed by atoms with Crippen LogP contribution < -0.4 is 5.73 Å². The van der Waals surface area contributed by atoms with Crippen LogP contribution in [-0.4, -0.2) is 40.4 Å². The monoisotopic (exact) mass is 383 g/mol. The minimum atomic E-state index is -2.55. The summed E-state index contributed by atoms with van der Waals surface area (Å²) in [5.74, 6) is -2.99. The van der Waals surface area contributed by atoms with E-state index in [0.717, 1.165) is 22.3 Å². The van der Waals surface area contributed by atoms with Gasteiger partial charge in [-0.1, -0.05) is 69.3 Å². The Bertz CT molecular complexity index is 872. The normalized spacial score (nSPS) is 16.6. The highest BCUT2D eigenvalue weighted by atomic mass is 16.5. The van der Waals surface area contributed by atoms with Gasteiger partial charge in [-0.05, 0) is 27.7 Å². The fourth-order valence-electron chi connectivity index (χ4n) is 3.72. The number of carbonyl (C=O) groups excluding carboxylic acids is 1. The van der Waals surface area contributed by atoms with Crippen molar-refractivity contribution in [2.24, 2.45) is 11.1 Å². The maximum atomic E-state index is 12.7. The lowest BCUT2D eigenvalue weighted by atomic mass is 9.77. The van der Waals surface area contributed by atoms with Crippen LogP contribution in [-0.2, 0) is 14.3 Å². The molecule has 0 saturated heterocycles. The number of carbonyl (C=O) groups is 2. The molecule has 2 aromatic carbocycles. The van der Waals surface area contributed by atoms with Crippen LogP contribution in [0.2, 0.25) is 0 Å². The number of hydrogen-bond acceptors (Lipinski definition) is 5. The molecule has 0 aliphatic heterocycles. The third-order valence-electron chi connectivity index (χ3n) is 5.29. The molecule has 0 aromatic heterocycles. The number of nitrogens with two attached hydrogens (primary N) is 1. The van der Waals surface area contributed by atoms with E-state index in [1.54, 1.807) is 20.8 Å². The Hall–Kier alpha value is -2.70. The average molecular weight is 383 g/mol. The van der Waals surface area contributed by atoms with E-state index in [2.05, 4.69) is 0 Å². The smallest absolute Gasteiger partial charge is 0.340 e. The van der Waals surface area contributed by atoms with Gasteiger partial charge in [0.2, 0.25) is 5.54 Å². The number of rotatable bonds is 5. The van der Waals surface area contributed by atoms with Crippen molar-refractivity contribution in [3.8, 4) is 11.1 Å². The van der Waals surface area contributed by atoms with Crippen molar-refractivity contribution in [3.63, 3.8) is 0 Å². The van der Waals surface area contributed by atoms with Crippen molar-refractivity contribution in [3.05, 3.63) is 59.7 Å². The summed E-state index contributed by atoms with van der Waals surface area (Å²) in [6.07, 6.45) is -1.62. The molecule has 2 atom stereocenters. The first-order chi connectivity index (χ1) is 13.1. The standard InChI is InChI=1S/C22H25NO5/c1-21(2,3)18(24)22(23,19(25)26)20(27)28-12-17-15-10-6-4-8-13(15)14-9-5-7-11-16(14)17/h4-11,17-18,24H,12,23H2,1-3H3,(H,25,26)/t18-,22+/m1/s1. The van der Waals surface area contributed by atoms with E-state index in [-0.39, 0.29) is 12.5 Å². The molecule has 3 rings (SSSR count). The first-order valence-corrected chi connectivity index (χ1v) is 9.14. The fraction of sp³-hybridized carbons (Fsp3) is 0.364. The van der Waals surface area contributed by atoms with Crippen LogP contribution >= 0.6 is 0 Å². The molecule has 1 aliphatic rings. The summed E-state index contributed by atoms with van der Waals surface area (Å²) in [7, 11) is 0. The number of carboxylic acids is 1. The lowest BCUT2D eigenvalue weighted by Crippen LogP contribution is -2.67. The molecule has 0 amide bonds. The maximum absolute atomic E-state index is 12.7. The summed E-state index contributed by atoms with van der Waals surface area (Å²) in [6, 6.07) is 15.6. The number of aliphatic hydroxyl groups excluding tert-OH is 1. The van der Waals surface area contributed by atoms with Crippen molar-refractivity contribution in [1.82, 2.24) is 0 Å². The molecule has 0 heterocycles. The van der Waals surface area contributed by atoms with Gasteiger partial charge in [0, 0.05) is 5.92 Å².